The summed E-state index contributed by atoms with van der Waals surface area (Å²) in [5, 5.41) is 1.24. The monoisotopic (exact) mass is 643 g/mol. The van der Waals surface area contributed by atoms with Gasteiger partial charge in [-0.05, 0) is 113 Å². The molecule has 0 bridgehead atoms. The van der Waals surface area contributed by atoms with Gasteiger partial charge in [0.2, 0.25) is 0 Å². The van der Waals surface area contributed by atoms with Crippen molar-refractivity contribution in [3.8, 4) is 16.9 Å². The van der Waals surface area contributed by atoms with E-state index in [1.165, 1.54) is 18.2 Å². The van der Waals surface area contributed by atoms with Crippen molar-refractivity contribution in [2.45, 2.75) is 38.2 Å². The second kappa shape index (κ2) is 14.2. The molecule has 45 heavy (non-hydrogen) atoms. The molecule has 4 aromatic rings. The maximum atomic E-state index is 12.6. The molecule has 0 amide bonds. The fourth-order valence-electron chi connectivity index (χ4n) is 6.52. The summed E-state index contributed by atoms with van der Waals surface area (Å²) in [6, 6.07) is 28.2. The lowest BCUT2D eigenvalue weighted by Crippen LogP contribution is -2.26. The molecule has 1 heterocycles. The van der Waals surface area contributed by atoms with Crippen LogP contribution >= 0.6 is 23.2 Å². The molecule has 1 aliphatic carbocycles. The first kappa shape index (κ1) is 31.3. The molecule has 2 aliphatic rings. The Morgan fingerprint density at radius 1 is 0.911 bits per heavy atom. The molecule has 0 aromatic heterocycles. The van der Waals surface area contributed by atoms with Crippen LogP contribution in [0.1, 0.15) is 58.3 Å². The van der Waals surface area contributed by atoms with Gasteiger partial charge in [-0.3, -0.25) is 9.29 Å². The summed E-state index contributed by atoms with van der Waals surface area (Å²) >= 11 is 13.1. The lowest BCUT2D eigenvalue weighted by Gasteiger charge is -2.19. The van der Waals surface area contributed by atoms with E-state index in [9.17, 15) is 9.18 Å². The summed E-state index contributed by atoms with van der Waals surface area (Å²) in [6.45, 7) is 2.25. The van der Waals surface area contributed by atoms with Crippen molar-refractivity contribution < 1.29 is 18.7 Å². The number of aryl methyl sites for hydroxylation is 1. The molecular weight excluding hydrogens is 608 g/mol. The number of halogens is 3. The minimum Gasteiger partial charge on any atom is -0.489 e. The number of likely N-dealkylation sites (tertiary alicyclic amines) is 1. The van der Waals surface area contributed by atoms with E-state index < -0.39 is 0 Å². The Labute approximate surface area is 274 Å². The first-order valence-electron chi connectivity index (χ1n) is 15.5. The van der Waals surface area contributed by atoms with E-state index in [0.29, 0.717) is 22.0 Å². The quantitative estimate of drug-likeness (QED) is 0.170. The van der Waals surface area contributed by atoms with Crippen molar-refractivity contribution in [3.05, 3.63) is 123 Å². The summed E-state index contributed by atoms with van der Waals surface area (Å²) in [5.41, 5.74) is 9.34. The molecule has 0 saturated carbocycles. The summed E-state index contributed by atoms with van der Waals surface area (Å²) in [7, 11) is 1.40. The van der Waals surface area contributed by atoms with Crippen molar-refractivity contribution in [2.75, 3.05) is 33.4 Å². The zero-order valence-electron chi connectivity index (χ0n) is 25.3. The van der Waals surface area contributed by atoms with Gasteiger partial charge in [-0.2, -0.15) is 0 Å². The van der Waals surface area contributed by atoms with E-state index in [-0.39, 0.29) is 18.7 Å². The van der Waals surface area contributed by atoms with Gasteiger partial charge < -0.3 is 9.47 Å². The number of allylic oxidation sites excluding steroid dienone is 1. The van der Waals surface area contributed by atoms with Crippen LogP contribution in [0.5, 0.6) is 5.75 Å². The van der Waals surface area contributed by atoms with E-state index in [4.69, 9.17) is 32.7 Å². The molecule has 0 N–H and O–H groups in total. The zero-order valence-corrected chi connectivity index (χ0v) is 26.8. The average Bonchev–Trinajstić information content (AvgIpc) is 3.42. The van der Waals surface area contributed by atoms with Crippen LogP contribution in [-0.4, -0.2) is 50.4 Å². The van der Waals surface area contributed by atoms with E-state index in [1.807, 2.05) is 48.5 Å². The standard InChI is InChI=1S/C38H36Cl2FNO3/c1-44-38(43)29-7-2-5-26(22-29)27-11-15-33-28(21-27)6-3-8-35(34-16-12-30(39)23-36(34)40)37(33)25-9-13-31(14-10-25)45-32-17-20-42(24-32)19-4-18-41/h2,5,7,9-16,21-23,32H,3-4,6,8,17-20,24H2,1H3. The van der Waals surface area contributed by atoms with Crippen molar-refractivity contribution in [3.63, 3.8) is 0 Å². The van der Waals surface area contributed by atoms with Crippen LogP contribution < -0.4 is 4.74 Å². The third kappa shape index (κ3) is 7.12. The Balaban J connectivity index is 1.37. The maximum Gasteiger partial charge on any atom is 0.337 e. The molecule has 1 aliphatic heterocycles. The van der Waals surface area contributed by atoms with Gasteiger partial charge >= 0.3 is 5.97 Å². The number of nitrogens with zero attached hydrogens (tertiary/aromatic N) is 1. The highest BCUT2D eigenvalue weighted by Gasteiger charge is 2.25. The fraction of sp³-hybridized carbons (Fsp3) is 0.289. The molecule has 1 fully saturated rings. The molecule has 4 aromatic carbocycles. The van der Waals surface area contributed by atoms with Crippen LogP contribution in [-0.2, 0) is 11.2 Å². The number of carbonyl (C=O) groups is 1. The number of fused-ring (bicyclic) bond motifs is 1. The highest BCUT2D eigenvalue weighted by Crippen LogP contribution is 2.43. The molecular formula is C38H36Cl2FNO3. The molecule has 1 unspecified atom stereocenters. The fourth-order valence-corrected chi connectivity index (χ4v) is 7.04. The molecule has 1 atom stereocenters. The molecule has 0 spiro atoms. The Hall–Kier alpha value is -3.64. The second-order valence-corrected chi connectivity index (χ2v) is 12.5. The third-order valence-corrected chi connectivity index (χ3v) is 9.25. The first-order chi connectivity index (χ1) is 21.9. The Kier molecular flexibility index (Phi) is 9.89. The van der Waals surface area contributed by atoms with Crippen LogP contribution in [0, 0.1) is 0 Å². The molecule has 1 saturated heterocycles. The van der Waals surface area contributed by atoms with E-state index in [2.05, 4.69) is 35.2 Å². The highest BCUT2D eigenvalue weighted by molar-refractivity contribution is 6.36. The molecule has 7 heteroatoms. The zero-order chi connectivity index (χ0) is 31.3. The average molecular weight is 645 g/mol. The summed E-state index contributed by atoms with van der Waals surface area (Å²) in [6.07, 6.45) is 4.33. The SMILES string of the molecule is COC(=O)c1cccc(-c2ccc3c(c2)CCCC(c2ccc(Cl)cc2Cl)=C3c2ccc(OC3CCN(CCCF)C3)cc2)c1. The van der Waals surface area contributed by atoms with Gasteiger partial charge in [0.1, 0.15) is 11.9 Å². The van der Waals surface area contributed by atoms with E-state index in [0.717, 1.165) is 84.5 Å². The molecule has 6 rings (SSSR count). The third-order valence-electron chi connectivity index (χ3n) is 8.71. The highest BCUT2D eigenvalue weighted by atomic mass is 35.5. The molecule has 232 valence electrons. The van der Waals surface area contributed by atoms with Crippen LogP contribution in [0.25, 0.3) is 22.3 Å². The van der Waals surface area contributed by atoms with Gasteiger partial charge in [-0.1, -0.05) is 71.7 Å². The first-order valence-corrected chi connectivity index (χ1v) is 16.2. The van der Waals surface area contributed by atoms with Gasteiger partial charge in [-0.25, -0.2) is 4.79 Å². The Bertz CT molecular complexity index is 1720. The predicted octanol–water partition coefficient (Wildman–Crippen LogP) is 9.56. The van der Waals surface area contributed by atoms with Crippen LogP contribution in [0.4, 0.5) is 4.39 Å². The van der Waals surface area contributed by atoms with Gasteiger partial charge in [0.05, 0.1) is 19.3 Å². The maximum absolute atomic E-state index is 12.6. The molecule has 4 nitrogen and oxygen atoms in total. The number of esters is 1. The smallest absolute Gasteiger partial charge is 0.337 e. The van der Waals surface area contributed by atoms with E-state index >= 15 is 0 Å². The van der Waals surface area contributed by atoms with E-state index in [1.54, 1.807) is 6.07 Å². The summed E-state index contributed by atoms with van der Waals surface area (Å²) in [4.78, 5) is 14.5. The number of alkyl halides is 1. The number of carbonyl (C=O) groups excluding carboxylic acids is 1. The van der Waals surface area contributed by atoms with Crippen molar-refractivity contribution in [1.82, 2.24) is 4.90 Å². The van der Waals surface area contributed by atoms with Crippen molar-refractivity contribution >= 4 is 40.3 Å². The van der Waals surface area contributed by atoms with Crippen LogP contribution in [0.15, 0.2) is 84.9 Å². The topological polar surface area (TPSA) is 38.8 Å². The largest absolute Gasteiger partial charge is 0.489 e. The van der Waals surface area contributed by atoms with Gasteiger partial charge in [0, 0.05) is 29.7 Å². The second-order valence-electron chi connectivity index (χ2n) is 11.7. The Morgan fingerprint density at radius 2 is 1.69 bits per heavy atom. The minimum absolute atomic E-state index is 0.104. The number of rotatable bonds is 9. The lowest BCUT2D eigenvalue weighted by molar-refractivity contribution is 0.0600. The lowest BCUT2D eigenvalue weighted by atomic mass is 9.86. The number of methoxy groups -OCH3 is 1. The van der Waals surface area contributed by atoms with Gasteiger partial charge in [0.15, 0.2) is 0 Å². The van der Waals surface area contributed by atoms with Crippen molar-refractivity contribution in [2.24, 2.45) is 0 Å². The van der Waals surface area contributed by atoms with Crippen LogP contribution in [0.3, 0.4) is 0 Å². The number of hydrogen-bond acceptors (Lipinski definition) is 4. The Morgan fingerprint density at radius 3 is 2.47 bits per heavy atom. The molecule has 0 radical (unpaired) electrons. The summed E-state index contributed by atoms with van der Waals surface area (Å²) in [5.74, 6) is 0.480. The number of benzene rings is 4. The minimum atomic E-state index is -0.351. The van der Waals surface area contributed by atoms with Gasteiger partial charge in [0.25, 0.3) is 0 Å². The number of ether oxygens (including phenoxy) is 2. The van der Waals surface area contributed by atoms with Gasteiger partial charge in [-0.15, -0.1) is 0 Å². The number of hydrogen-bond donors (Lipinski definition) is 0. The summed E-state index contributed by atoms with van der Waals surface area (Å²) < 4.78 is 23.9. The van der Waals surface area contributed by atoms with Crippen LogP contribution in [0.2, 0.25) is 10.0 Å². The van der Waals surface area contributed by atoms with Crippen molar-refractivity contribution in [1.29, 1.82) is 0 Å². The normalized spacial score (nSPS) is 16.8. The predicted molar refractivity (Wildman–Crippen MR) is 181 cm³/mol.